The van der Waals surface area contributed by atoms with Gasteiger partial charge in [-0.05, 0) is 17.7 Å². The van der Waals surface area contributed by atoms with Crippen molar-refractivity contribution >= 4 is 28.2 Å². The number of halogens is 1. The van der Waals surface area contributed by atoms with Crippen LogP contribution in [-0.4, -0.2) is 10.2 Å². The highest BCUT2D eigenvalue weighted by atomic mass is 35.5. The summed E-state index contributed by atoms with van der Waals surface area (Å²) in [6.45, 7) is 0.643. The van der Waals surface area contributed by atoms with Crippen molar-refractivity contribution in [2.45, 2.75) is 6.54 Å². The second-order valence-electron chi connectivity index (χ2n) is 5.79. The first kappa shape index (κ1) is 15.6. The summed E-state index contributed by atoms with van der Waals surface area (Å²) in [6.07, 6.45) is 0. The van der Waals surface area contributed by atoms with Gasteiger partial charge in [0.2, 0.25) is 0 Å². The van der Waals surface area contributed by atoms with E-state index in [1.54, 1.807) is 0 Å². The highest BCUT2D eigenvalue weighted by Crippen LogP contribution is 2.29. The largest absolute Gasteiger partial charge is 0.364 e. The summed E-state index contributed by atoms with van der Waals surface area (Å²) in [7, 11) is 0. The Morgan fingerprint density at radius 2 is 1.52 bits per heavy atom. The second kappa shape index (κ2) is 6.91. The molecule has 0 aliphatic carbocycles. The average molecular weight is 346 g/mol. The van der Waals surface area contributed by atoms with Crippen molar-refractivity contribution in [1.29, 1.82) is 0 Å². The fraction of sp³-hybridized carbons (Fsp3) is 0.0476. The number of anilines is 1. The van der Waals surface area contributed by atoms with Crippen LogP contribution in [-0.2, 0) is 6.54 Å². The Bertz CT molecular complexity index is 1020. The van der Waals surface area contributed by atoms with E-state index in [4.69, 9.17) is 11.6 Å². The van der Waals surface area contributed by atoms with Gasteiger partial charge in [-0.25, -0.2) is 0 Å². The molecule has 0 saturated heterocycles. The molecule has 4 aromatic rings. The fourth-order valence-electron chi connectivity index (χ4n) is 2.88. The molecule has 1 N–H and O–H groups in total. The highest BCUT2D eigenvalue weighted by Gasteiger charge is 2.10. The van der Waals surface area contributed by atoms with Gasteiger partial charge in [-0.2, -0.15) is 0 Å². The van der Waals surface area contributed by atoms with E-state index in [0.29, 0.717) is 6.54 Å². The van der Waals surface area contributed by atoms with E-state index >= 15 is 0 Å². The van der Waals surface area contributed by atoms with Gasteiger partial charge in [0.05, 0.1) is 0 Å². The molecule has 0 saturated carbocycles. The maximum atomic E-state index is 6.05. The predicted molar refractivity (Wildman–Crippen MR) is 104 cm³/mol. The molecule has 1 aromatic heterocycles. The molecule has 3 nitrogen and oxygen atoms in total. The Balaban J connectivity index is 1.71. The number of benzene rings is 3. The third-order valence-electron chi connectivity index (χ3n) is 4.08. The van der Waals surface area contributed by atoms with Crippen LogP contribution in [0.1, 0.15) is 5.56 Å². The predicted octanol–water partition coefficient (Wildman–Crippen LogP) is 5.56. The molecular weight excluding hydrogens is 330 g/mol. The van der Waals surface area contributed by atoms with Crippen LogP contribution in [0.2, 0.25) is 5.02 Å². The van der Waals surface area contributed by atoms with E-state index in [2.05, 4.69) is 39.8 Å². The molecule has 0 spiro atoms. The number of aromatic nitrogens is 2. The van der Waals surface area contributed by atoms with E-state index in [1.165, 1.54) is 0 Å². The SMILES string of the molecule is Clc1cccc(CNc2nnc(-c3ccccc3)c3ccccc23)c1. The molecule has 4 rings (SSSR count). The zero-order chi connectivity index (χ0) is 17.1. The van der Waals surface area contributed by atoms with Crippen LogP contribution in [0, 0.1) is 0 Å². The van der Waals surface area contributed by atoms with E-state index in [0.717, 1.165) is 38.4 Å². The summed E-state index contributed by atoms with van der Waals surface area (Å²) in [5, 5.41) is 15.1. The van der Waals surface area contributed by atoms with Gasteiger partial charge in [0.1, 0.15) is 5.69 Å². The Morgan fingerprint density at radius 3 is 2.32 bits per heavy atom. The molecule has 0 unspecified atom stereocenters. The van der Waals surface area contributed by atoms with Gasteiger partial charge < -0.3 is 5.32 Å². The first-order valence-corrected chi connectivity index (χ1v) is 8.48. The van der Waals surface area contributed by atoms with Gasteiger partial charge in [0.15, 0.2) is 5.82 Å². The maximum absolute atomic E-state index is 6.05. The Labute approximate surface area is 151 Å². The van der Waals surface area contributed by atoms with Crippen molar-refractivity contribution < 1.29 is 0 Å². The van der Waals surface area contributed by atoms with Crippen LogP contribution >= 0.6 is 11.6 Å². The average Bonchev–Trinajstić information content (AvgIpc) is 2.67. The van der Waals surface area contributed by atoms with Gasteiger partial charge in [-0.15, -0.1) is 10.2 Å². The summed E-state index contributed by atoms with van der Waals surface area (Å²) in [5.74, 6) is 0.773. The van der Waals surface area contributed by atoms with Crippen LogP contribution in [0.15, 0.2) is 78.9 Å². The number of nitrogens with one attached hydrogen (secondary N) is 1. The second-order valence-corrected chi connectivity index (χ2v) is 6.23. The molecular formula is C21H16ClN3. The number of nitrogens with zero attached hydrogens (tertiary/aromatic N) is 2. The summed E-state index contributed by atoms with van der Waals surface area (Å²) < 4.78 is 0. The minimum absolute atomic E-state index is 0.643. The van der Waals surface area contributed by atoms with Gasteiger partial charge in [-0.3, -0.25) is 0 Å². The van der Waals surface area contributed by atoms with Crippen molar-refractivity contribution in [3.05, 3.63) is 89.4 Å². The Morgan fingerprint density at radius 1 is 0.760 bits per heavy atom. The minimum Gasteiger partial charge on any atom is -0.364 e. The lowest BCUT2D eigenvalue weighted by Gasteiger charge is -2.11. The number of rotatable bonds is 4. The standard InChI is InChI=1S/C21H16ClN3/c22-17-10-6-7-15(13-17)14-23-21-19-12-5-4-11-18(19)20(24-25-21)16-8-2-1-3-9-16/h1-13H,14H2,(H,23,25). The quantitative estimate of drug-likeness (QED) is 0.526. The van der Waals surface area contributed by atoms with Gasteiger partial charge in [0.25, 0.3) is 0 Å². The zero-order valence-electron chi connectivity index (χ0n) is 13.5. The molecule has 1 heterocycles. The molecule has 0 aliphatic rings. The summed E-state index contributed by atoms with van der Waals surface area (Å²) in [6, 6.07) is 26.1. The summed E-state index contributed by atoms with van der Waals surface area (Å²) in [4.78, 5) is 0. The monoisotopic (exact) mass is 345 g/mol. The van der Waals surface area contributed by atoms with Crippen LogP contribution in [0.5, 0.6) is 0 Å². The Hall–Kier alpha value is -2.91. The van der Waals surface area contributed by atoms with Crippen molar-refractivity contribution in [3.8, 4) is 11.3 Å². The normalized spacial score (nSPS) is 10.8. The molecule has 0 aliphatic heterocycles. The van der Waals surface area contributed by atoms with Crippen LogP contribution < -0.4 is 5.32 Å². The minimum atomic E-state index is 0.643. The van der Waals surface area contributed by atoms with Gasteiger partial charge >= 0.3 is 0 Å². The van der Waals surface area contributed by atoms with Crippen LogP contribution in [0.25, 0.3) is 22.0 Å². The van der Waals surface area contributed by atoms with Gasteiger partial charge in [0, 0.05) is 27.9 Å². The smallest absolute Gasteiger partial charge is 0.156 e. The number of hydrogen-bond acceptors (Lipinski definition) is 3. The lowest BCUT2D eigenvalue weighted by molar-refractivity contribution is 1.02. The fourth-order valence-corrected chi connectivity index (χ4v) is 3.09. The van der Waals surface area contributed by atoms with E-state index in [-0.39, 0.29) is 0 Å². The molecule has 25 heavy (non-hydrogen) atoms. The van der Waals surface area contributed by atoms with Crippen molar-refractivity contribution in [2.24, 2.45) is 0 Å². The lowest BCUT2D eigenvalue weighted by Crippen LogP contribution is -2.04. The van der Waals surface area contributed by atoms with E-state index in [1.807, 2.05) is 54.6 Å². The summed E-state index contributed by atoms with van der Waals surface area (Å²) in [5.41, 5.74) is 3.06. The van der Waals surface area contributed by atoms with Crippen LogP contribution in [0.4, 0.5) is 5.82 Å². The molecule has 0 atom stereocenters. The van der Waals surface area contributed by atoms with Gasteiger partial charge in [-0.1, -0.05) is 78.3 Å². The number of hydrogen-bond donors (Lipinski definition) is 1. The van der Waals surface area contributed by atoms with E-state index < -0.39 is 0 Å². The molecule has 0 amide bonds. The number of fused-ring (bicyclic) bond motifs is 1. The van der Waals surface area contributed by atoms with Crippen LogP contribution in [0.3, 0.4) is 0 Å². The van der Waals surface area contributed by atoms with Crippen molar-refractivity contribution in [2.75, 3.05) is 5.32 Å². The molecule has 122 valence electrons. The van der Waals surface area contributed by atoms with E-state index in [9.17, 15) is 0 Å². The zero-order valence-corrected chi connectivity index (χ0v) is 14.2. The Kier molecular flexibility index (Phi) is 4.32. The first-order chi connectivity index (χ1) is 12.3. The molecule has 0 fully saturated rings. The molecule has 0 bridgehead atoms. The molecule has 3 aromatic carbocycles. The first-order valence-electron chi connectivity index (χ1n) is 8.10. The topological polar surface area (TPSA) is 37.8 Å². The highest BCUT2D eigenvalue weighted by molar-refractivity contribution is 6.30. The third kappa shape index (κ3) is 3.32. The molecule has 4 heteroatoms. The third-order valence-corrected chi connectivity index (χ3v) is 4.32. The van der Waals surface area contributed by atoms with Crippen molar-refractivity contribution in [1.82, 2.24) is 10.2 Å². The van der Waals surface area contributed by atoms with Crippen molar-refractivity contribution in [3.63, 3.8) is 0 Å². The molecule has 0 radical (unpaired) electrons. The lowest BCUT2D eigenvalue weighted by atomic mass is 10.0. The summed E-state index contributed by atoms with van der Waals surface area (Å²) >= 11 is 6.05. The maximum Gasteiger partial charge on any atom is 0.156 e.